The summed E-state index contributed by atoms with van der Waals surface area (Å²) in [6.45, 7) is -0.148. The molecule has 0 heterocycles. The normalized spacial score (nSPS) is 10.5. The molecule has 3 aromatic rings. The van der Waals surface area contributed by atoms with Crippen LogP contribution in [0.4, 0.5) is 11.4 Å². The van der Waals surface area contributed by atoms with Crippen molar-refractivity contribution in [1.82, 2.24) is 5.43 Å². The number of amides is 2. The molecular formula is C22H17IN4O5. The van der Waals surface area contributed by atoms with Crippen molar-refractivity contribution in [3.8, 4) is 5.75 Å². The number of hydrogen-bond acceptors (Lipinski definition) is 6. The Kier molecular flexibility index (Phi) is 7.86. The zero-order valence-corrected chi connectivity index (χ0v) is 18.7. The summed E-state index contributed by atoms with van der Waals surface area (Å²) in [5.74, 6) is -0.478. The van der Waals surface area contributed by atoms with Crippen molar-refractivity contribution in [3.05, 3.63) is 97.6 Å². The van der Waals surface area contributed by atoms with Gasteiger partial charge in [0.1, 0.15) is 11.3 Å². The van der Waals surface area contributed by atoms with E-state index in [2.05, 4.69) is 38.4 Å². The lowest BCUT2D eigenvalue weighted by Gasteiger charge is -2.09. The van der Waals surface area contributed by atoms with Gasteiger partial charge in [-0.15, -0.1) is 0 Å². The van der Waals surface area contributed by atoms with Crippen molar-refractivity contribution < 1.29 is 19.2 Å². The van der Waals surface area contributed by atoms with Crippen LogP contribution in [-0.2, 0) is 4.79 Å². The van der Waals surface area contributed by atoms with Crippen molar-refractivity contribution in [2.24, 2.45) is 5.10 Å². The topological polar surface area (TPSA) is 123 Å². The minimum Gasteiger partial charge on any atom is -0.484 e. The number of nitro benzene ring substituents is 1. The van der Waals surface area contributed by atoms with Crippen LogP contribution in [0, 0.1) is 13.7 Å². The summed E-state index contributed by atoms with van der Waals surface area (Å²) in [5, 5.41) is 17.6. The number of carbonyl (C=O) groups excluding carboxylic acids is 2. The fraction of sp³-hybridized carbons (Fsp3) is 0.0455. The zero-order chi connectivity index (χ0) is 22.9. The van der Waals surface area contributed by atoms with E-state index >= 15 is 0 Å². The quantitative estimate of drug-likeness (QED) is 0.192. The Morgan fingerprint density at radius 1 is 1.03 bits per heavy atom. The number of hydrazone groups is 1. The fourth-order valence-electron chi connectivity index (χ4n) is 2.60. The maximum Gasteiger partial charge on any atom is 0.282 e. The second-order valence-corrected chi connectivity index (χ2v) is 7.52. The molecule has 0 atom stereocenters. The number of anilines is 1. The van der Waals surface area contributed by atoms with Crippen LogP contribution in [0.1, 0.15) is 15.9 Å². The molecule has 2 amide bonds. The second-order valence-electron chi connectivity index (χ2n) is 6.36. The Hall–Kier alpha value is -3.80. The first-order valence-corrected chi connectivity index (χ1v) is 10.4. The van der Waals surface area contributed by atoms with Crippen LogP contribution < -0.4 is 15.5 Å². The predicted octanol–water partition coefficient (Wildman–Crippen LogP) is 3.98. The van der Waals surface area contributed by atoms with Gasteiger partial charge in [0.2, 0.25) is 0 Å². The van der Waals surface area contributed by atoms with Gasteiger partial charge in [0.25, 0.3) is 17.5 Å². The highest BCUT2D eigenvalue weighted by Gasteiger charge is 2.18. The van der Waals surface area contributed by atoms with Gasteiger partial charge in [0.05, 0.1) is 16.8 Å². The number of halogens is 1. The summed E-state index contributed by atoms with van der Waals surface area (Å²) in [5.41, 5.74) is 3.26. The van der Waals surface area contributed by atoms with E-state index in [0.29, 0.717) is 11.3 Å². The number of ether oxygens (including phenoxy) is 1. The van der Waals surface area contributed by atoms with Gasteiger partial charge in [-0.25, -0.2) is 5.43 Å². The number of nitrogens with one attached hydrogen (secondary N) is 2. The van der Waals surface area contributed by atoms with Gasteiger partial charge in [0, 0.05) is 9.64 Å². The van der Waals surface area contributed by atoms with E-state index in [0.717, 1.165) is 9.26 Å². The van der Waals surface area contributed by atoms with Gasteiger partial charge in [-0.1, -0.05) is 24.3 Å². The molecular weight excluding hydrogens is 527 g/mol. The van der Waals surface area contributed by atoms with Gasteiger partial charge in [0.15, 0.2) is 6.61 Å². The maximum atomic E-state index is 12.1. The molecule has 32 heavy (non-hydrogen) atoms. The van der Waals surface area contributed by atoms with Crippen LogP contribution >= 0.6 is 22.6 Å². The van der Waals surface area contributed by atoms with Crippen molar-refractivity contribution >= 4 is 52.0 Å². The summed E-state index contributed by atoms with van der Waals surface area (Å²) in [7, 11) is 0. The Labute approximate surface area is 196 Å². The Balaban J connectivity index is 1.51. The molecule has 2 N–H and O–H groups in total. The molecule has 10 heteroatoms. The third kappa shape index (κ3) is 6.35. The van der Waals surface area contributed by atoms with Crippen molar-refractivity contribution in [1.29, 1.82) is 0 Å². The highest BCUT2D eigenvalue weighted by molar-refractivity contribution is 14.1. The number of nitro groups is 1. The summed E-state index contributed by atoms with van der Waals surface area (Å²) < 4.78 is 6.41. The van der Waals surface area contributed by atoms with E-state index in [1.807, 2.05) is 24.3 Å². The molecule has 0 aliphatic carbocycles. The van der Waals surface area contributed by atoms with Crippen LogP contribution in [-0.4, -0.2) is 29.6 Å². The molecule has 0 saturated carbocycles. The van der Waals surface area contributed by atoms with Gasteiger partial charge >= 0.3 is 0 Å². The first-order valence-electron chi connectivity index (χ1n) is 9.28. The standard InChI is InChI=1S/C22H17IN4O5/c23-18-6-2-3-7-19(18)25-21(28)14-32-16-11-9-15(10-12-16)13-24-26-22(29)17-5-1-4-8-20(17)27(30)31/h1-13H,14H2,(H,25,28)(H,26,29)/b24-13-. The van der Waals surface area contributed by atoms with Crippen molar-refractivity contribution in [2.45, 2.75) is 0 Å². The van der Waals surface area contributed by atoms with E-state index in [4.69, 9.17) is 4.74 Å². The molecule has 0 unspecified atom stereocenters. The van der Waals surface area contributed by atoms with Crippen molar-refractivity contribution in [3.63, 3.8) is 0 Å². The molecule has 0 spiro atoms. The number of carbonyl (C=O) groups is 2. The SMILES string of the molecule is O=C(COc1ccc(/C=N\NC(=O)c2ccccc2[N+](=O)[O-])cc1)Nc1ccccc1I. The smallest absolute Gasteiger partial charge is 0.282 e. The summed E-state index contributed by atoms with van der Waals surface area (Å²) in [4.78, 5) is 34.6. The van der Waals surface area contributed by atoms with E-state index in [9.17, 15) is 19.7 Å². The molecule has 0 aliphatic heterocycles. The van der Waals surface area contributed by atoms with Crippen LogP contribution in [0.25, 0.3) is 0 Å². The molecule has 0 fully saturated rings. The first-order chi connectivity index (χ1) is 15.4. The van der Waals surface area contributed by atoms with E-state index in [1.165, 1.54) is 30.5 Å². The zero-order valence-electron chi connectivity index (χ0n) is 16.5. The molecule has 0 saturated heterocycles. The average molecular weight is 544 g/mol. The lowest BCUT2D eigenvalue weighted by atomic mass is 10.2. The largest absolute Gasteiger partial charge is 0.484 e. The number of benzene rings is 3. The lowest BCUT2D eigenvalue weighted by molar-refractivity contribution is -0.385. The number of nitrogens with zero attached hydrogens (tertiary/aromatic N) is 2. The molecule has 162 valence electrons. The predicted molar refractivity (Wildman–Crippen MR) is 128 cm³/mol. The highest BCUT2D eigenvalue weighted by Crippen LogP contribution is 2.18. The Morgan fingerprint density at radius 2 is 1.72 bits per heavy atom. The molecule has 0 radical (unpaired) electrons. The fourth-order valence-corrected chi connectivity index (χ4v) is 3.12. The summed E-state index contributed by atoms with van der Waals surface area (Å²) >= 11 is 2.14. The maximum absolute atomic E-state index is 12.1. The number of rotatable bonds is 8. The van der Waals surface area contributed by atoms with Crippen LogP contribution in [0.2, 0.25) is 0 Å². The molecule has 3 aromatic carbocycles. The first kappa shape index (κ1) is 22.9. The van der Waals surface area contributed by atoms with Gasteiger partial charge in [-0.2, -0.15) is 5.10 Å². The third-order valence-electron chi connectivity index (χ3n) is 4.12. The van der Waals surface area contributed by atoms with E-state index < -0.39 is 10.8 Å². The van der Waals surface area contributed by atoms with Gasteiger partial charge < -0.3 is 10.1 Å². The van der Waals surface area contributed by atoms with E-state index in [-0.39, 0.29) is 23.8 Å². The summed E-state index contributed by atoms with van der Waals surface area (Å²) in [6, 6.07) is 19.7. The highest BCUT2D eigenvalue weighted by atomic mass is 127. The molecule has 0 aliphatic rings. The molecule has 0 bridgehead atoms. The van der Waals surface area contributed by atoms with Crippen LogP contribution in [0.15, 0.2) is 77.9 Å². The minimum absolute atomic E-state index is 0.0816. The number of para-hydroxylation sites is 2. The second kappa shape index (κ2) is 11.0. The van der Waals surface area contributed by atoms with Gasteiger partial charge in [-0.3, -0.25) is 19.7 Å². The number of hydrogen-bond donors (Lipinski definition) is 2. The average Bonchev–Trinajstić information content (AvgIpc) is 2.80. The molecule has 0 aromatic heterocycles. The summed E-state index contributed by atoms with van der Waals surface area (Å²) in [6.07, 6.45) is 1.39. The monoisotopic (exact) mass is 544 g/mol. The Morgan fingerprint density at radius 3 is 2.44 bits per heavy atom. The molecule has 9 nitrogen and oxygen atoms in total. The third-order valence-corrected chi connectivity index (χ3v) is 5.06. The minimum atomic E-state index is -0.687. The van der Waals surface area contributed by atoms with Gasteiger partial charge in [-0.05, 0) is 70.6 Å². The molecule has 3 rings (SSSR count). The lowest BCUT2D eigenvalue weighted by Crippen LogP contribution is -2.20. The van der Waals surface area contributed by atoms with Crippen LogP contribution in [0.5, 0.6) is 5.75 Å². The van der Waals surface area contributed by atoms with Crippen molar-refractivity contribution in [2.75, 3.05) is 11.9 Å². The Bertz CT molecular complexity index is 1160. The van der Waals surface area contributed by atoms with E-state index in [1.54, 1.807) is 24.3 Å². The van der Waals surface area contributed by atoms with Crippen LogP contribution in [0.3, 0.4) is 0 Å².